The molecule has 0 bridgehead atoms. The van der Waals surface area contributed by atoms with Crippen LogP contribution in [0.5, 0.6) is 0 Å². The summed E-state index contributed by atoms with van der Waals surface area (Å²) in [5.74, 6) is 0.0297. The molecule has 4 rings (SSSR count). The Hall–Kier alpha value is -2.00. The summed E-state index contributed by atoms with van der Waals surface area (Å²) in [5, 5.41) is 3.22. The van der Waals surface area contributed by atoms with Gasteiger partial charge >= 0.3 is 0 Å². The van der Waals surface area contributed by atoms with E-state index in [1.165, 1.54) is 0 Å². The molecule has 2 aromatic rings. The van der Waals surface area contributed by atoms with Gasteiger partial charge in [0.1, 0.15) is 11.2 Å². The Morgan fingerprint density at radius 1 is 1.09 bits per heavy atom. The third-order valence-corrected chi connectivity index (χ3v) is 5.15. The second-order valence-corrected chi connectivity index (χ2v) is 6.33. The van der Waals surface area contributed by atoms with Gasteiger partial charge in [-0.05, 0) is 60.7 Å². The summed E-state index contributed by atoms with van der Waals surface area (Å²) < 4.78 is 14.5. The average molecular weight is 295 g/mol. The monoisotopic (exact) mass is 295 g/mol. The number of rotatable bonds is 3. The molecule has 0 aromatic heterocycles. The van der Waals surface area contributed by atoms with Gasteiger partial charge in [-0.15, -0.1) is 0 Å². The van der Waals surface area contributed by atoms with Crippen molar-refractivity contribution in [1.82, 2.24) is 5.32 Å². The number of ketones is 1. The van der Waals surface area contributed by atoms with Crippen molar-refractivity contribution < 1.29 is 9.18 Å². The van der Waals surface area contributed by atoms with Gasteiger partial charge in [-0.3, -0.25) is 4.79 Å². The second kappa shape index (κ2) is 4.26. The predicted octanol–water partition coefficient (Wildman–Crippen LogP) is 3.68. The number of hydrogen-bond donors (Lipinski definition) is 1. The molecule has 2 nitrogen and oxygen atoms in total. The number of likely N-dealkylation sites (N-methyl/N-ethyl adjacent to an activating group) is 1. The third kappa shape index (κ3) is 1.55. The van der Waals surface area contributed by atoms with Gasteiger partial charge in [-0.2, -0.15) is 0 Å². The second-order valence-electron chi connectivity index (χ2n) is 6.33. The molecule has 1 atom stereocenters. The Kier molecular flexibility index (Phi) is 2.64. The largest absolute Gasteiger partial charge is 0.301 e. The fourth-order valence-electron chi connectivity index (χ4n) is 3.78. The van der Waals surface area contributed by atoms with Gasteiger partial charge in [0.15, 0.2) is 5.78 Å². The average Bonchev–Trinajstić information content (AvgIpc) is 3.21. The van der Waals surface area contributed by atoms with Crippen LogP contribution in [-0.2, 0) is 16.0 Å². The summed E-state index contributed by atoms with van der Waals surface area (Å²) in [6, 6.07) is 13.6. The van der Waals surface area contributed by atoms with Gasteiger partial charge in [0, 0.05) is 0 Å². The molecule has 0 amide bonds. The predicted molar refractivity (Wildman–Crippen MR) is 84.4 cm³/mol. The molecule has 0 spiro atoms. The maximum absolute atomic E-state index is 14.5. The van der Waals surface area contributed by atoms with Crippen LogP contribution in [0.3, 0.4) is 0 Å². The Bertz CT molecular complexity index is 794. The third-order valence-electron chi connectivity index (χ3n) is 5.15. The normalized spacial score (nSPS) is 23.8. The Balaban J connectivity index is 2.03. The molecule has 2 aromatic carbocycles. The van der Waals surface area contributed by atoms with Crippen LogP contribution in [0.1, 0.15) is 36.5 Å². The van der Waals surface area contributed by atoms with Crippen molar-refractivity contribution >= 4 is 5.78 Å². The summed E-state index contributed by atoms with van der Waals surface area (Å²) >= 11 is 0. The molecule has 2 aliphatic carbocycles. The van der Waals surface area contributed by atoms with Crippen molar-refractivity contribution in [3.8, 4) is 11.1 Å². The van der Waals surface area contributed by atoms with Crippen LogP contribution in [0.2, 0.25) is 0 Å². The van der Waals surface area contributed by atoms with Crippen molar-refractivity contribution in [2.75, 3.05) is 7.05 Å². The lowest BCUT2D eigenvalue weighted by Crippen LogP contribution is -2.45. The molecule has 112 valence electrons. The van der Waals surface area contributed by atoms with E-state index in [-0.39, 0.29) is 5.78 Å². The minimum absolute atomic E-state index is 0.0297. The molecule has 0 radical (unpaired) electrons. The van der Waals surface area contributed by atoms with E-state index in [4.69, 9.17) is 0 Å². The van der Waals surface area contributed by atoms with E-state index < -0.39 is 11.2 Å². The van der Waals surface area contributed by atoms with Crippen LogP contribution in [0.15, 0.2) is 42.5 Å². The highest BCUT2D eigenvalue weighted by Crippen LogP contribution is 2.53. The number of halogens is 1. The minimum Gasteiger partial charge on any atom is -0.301 e. The number of benzene rings is 2. The molecule has 0 aliphatic heterocycles. The zero-order valence-corrected chi connectivity index (χ0v) is 12.7. The lowest BCUT2D eigenvalue weighted by atomic mass is 9.83. The maximum Gasteiger partial charge on any atom is 0.158 e. The highest BCUT2D eigenvalue weighted by Gasteiger charge is 2.49. The van der Waals surface area contributed by atoms with Crippen LogP contribution in [0.25, 0.3) is 11.1 Å². The summed E-state index contributed by atoms with van der Waals surface area (Å²) in [4.78, 5) is 12.5. The highest BCUT2D eigenvalue weighted by molar-refractivity contribution is 6.00. The molecule has 3 heteroatoms. The van der Waals surface area contributed by atoms with E-state index in [1.54, 1.807) is 14.0 Å². The highest BCUT2D eigenvalue weighted by atomic mass is 19.1. The summed E-state index contributed by atoms with van der Waals surface area (Å²) in [5.41, 5.74) is 2.55. The van der Waals surface area contributed by atoms with Gasteiger partial charge in [0.05, 0.1) is 0 Å². The van der Waals surface area contributed by atoms with Crippen LogP contribution in [0.4, 0.5) is 4.39 Å². The molecular formula is C19H18FNO. The van der Waals surface area contributed by atoms with Gasteiger partial charge in [0.25, 0.3) is 0 Å². The van der Waals surface area contributed by atoms with E-state index in [9.17, 15) is 9.18 Å². The van der Waals surface area contributed by atoms with Crippen molar-refractivity contribution in [2.24, 2.45) is 0 Å². The Morgan fingerprint density at radius 3 is 2.41 bits per heavy atom. The molecule has 1 saturated carbocycles. The molecular weight excluding hydrogens is 277 g/mol. The molecule has 1 N–H and O–H groups in total. The van der Waals surface area contributed by atoms with E-state index in [2.05, 4.69) is 5.32 Å². The van der Waals surface area contributed by atoms with Crippen molar-refractivity contribution in [3.05, 3.63) is 59.2 Å². The van der Waals surface area contributed by atoms with Crippen molar-refractivity contribution in [1.29, 1.82) is 0 Å². The van der Waals surface area contributed by atoms with Crippen LogP contribution in [0, 0.1) is 0 Å². The standard InChI is InChI=1S/C19H18FNO/c1-12(22)19(21-2)16-6-4-3-5-14(16)15-8-7-13(11-17(15)19)18(20)9-10-18/h3-8,11,21H,9-10H2,1-2H3. The number of carbonyl (C=O) groups excluding carboxylic acids is 1. The molecule has 1 unspecified atom stereocenters. The summed E-state index contributed by atoms with van der Waals surface area (Å²) in [6.07, 6.45) is 1.15. The van der Waals surface area contributed by atoms with E-state index >= 15 is 0 Å². The zero-order chi connectivity index (χ0) is 15.5. The number of hydrogen-bond acceptors (Lipinski definition) is 2. The van der Waals surface area contributed by atoms with Gasteiger partial charge in [0.2, 0.25) is 0 Å². The van der Waals surface area contributed by atoms with Gasteiger partial charge < -0.3 is 5.32 Å². The first-order valence-corrected chi connectivity index (χ1v) is 7.67. The Morgan fingerprint density at radius 2 is 1.77 bits per heavy atom. The molecule has 2 aliphatic rings. The molecule has 22 heavy (non-hydrogen) atoms. The number of carbonyl (C=O) groups is 1. The first-order valence-electron chi connectivity index (χ1n) is 7.67. The Labute approximate surface area is 129 Å². The molecule has 0 heterocycles. The summed E-state index contributed by atoms with van der Waals surface area (Å²) in [7, 11) is 1.79. The van der Waals surface area contributed by atoms with Gasteiger partial charge in [-0.25, -0.2) is 4.39 Å². The van der Waals surface area contributed by atoms with E-state index in [0.717, 1.165) is 22.3 Å². The number of Topliss-reactive ketones (excluding diaryl/α,β-unsaturated/α-hetero) is 1. The quantitative estimate of drug-likeness (QED) is 0.936. The molecule has 1 fully saturated rings. The van der Waals surface area contributed by atoms with Gasteiger partial charge in [-0.1, -0.05) is 36.4 Å². The van der Waals surface area contributed by atoms with Crippen LogP contribution >= 0.6 is 0 Å². The fraction of sp³-hybridized carbons (Fsp3) is 0.316. The first-order chi connectivity index (χ1) is 10.5. The van der Waals surface area contributed by atoms with E-state index in [0.29, 0.717) is 18.4 Å². The topological polar surface area (TPSA) is 29.1 Å². The number of fused-ring (bicyclic) bond motifs is 3. The lowest BCUT2D eigenvalue weighted by Gasteiger charge is -2.29. The number of nitrogens with one attached hydrogen (secondary N) is 1. The summed E-state index contributed by atoms with van der Waals surface area (Å²) in [6.45, 7) is 1.59. The lowest BCUT2D eigenvalue weighted by molar-refractivity contribution is -0.121. The smallest absolute Gasteiger partial charge is 0.158 e. The fourth-order valence-corrected chi connectivity index (χ4v) is 3.78. The van der Waals surface area contributed by atoms with Crippen molar-refractivity contribution in [2.45, 2.75) is 31.0 Å². The minimum atomic E-state index is -1.19. The van der Waals surface area contributed by atoms with E-state index in [1.807, 2.05) is 42.5 Å². The van der Waals surface area contributed by atoms with Crippen molar-refractivity contribution in [3.63, 3.8) is 0 Å². The maximum atomic E-state index is 14.5. The SMILES string of the molecule is CNC1(C(C)=O)c2ccccc2-c2ccc(C3(F)CC3)cc21. The van der Waals surface area contributed by atoms with Crippen LogP contribution in [-0.4, -0.2) is 12.8 Å². The zero-order valence-electron chi connectivity index (χ0n) is 12.7. The van der Waals surface area contributed by atoms with Crippen LogP contribution < -0.4 is 5.32 Å². The number of alkyl halides is 1. The first kappa shape index (κ1) is 13.6. The molecule has 0 saturated heterocycles.